The highest BCUT2D eigenvalue weighted by Crippen LogP contribution is 2.36. The Morgan fingerprint density at radius 2 is 1.90 bits per heavy atom. The molecule has 2 heterocycles. The van der Waals surface area contributed by atoms with Crippen molar-refractivity contribution in [3.63, 3.8) is 0 Å². The minimum absolute atomic E-state index is 0.116. The van der Waals surface area contributed by atoms with E-state index in [0.717, 1.165) is 12.1 Å². The zero-order valence-corrected chi connectivity index (χ0v) is 15.8. The molecule has 154 valence electrons. The van der Waals surface area contributed by atoms with E-state index in [-0.39, 0.29) is 10.6 Å². The fourth-order valence-electron chi connectivity index (χ4n) is 2.99. The van der Waals surface area contributed by atoms with Gasteiger partial charge in [-0.25, -0.2) is 9.38 Å². The van der Waals surface area contributed by atoms with Gasteiger partial charge in [0.2, 0.25) is 0 Å². The van der Waals surface area contributed by atoms with Crippen LogP contribution < -0.4 is 10.7 Å². The molecule has 2 aromatic carbocycles. The predicted molar refractivity (Wildman–Crippen MR) is 105 cm³/mol. The van der Waals surface area contributed by atoms with Gasteiger partial charge in [0.15, 0.2) is 6.17 Å². The highest BCUT2D eigenvalue weighted by Gasteiger charge is 2.35. The van der Waals surface area contributed by atoms with Gasteiger partial charge in [-0.05, 0) is 54.6 Å². The number of carbonyl (C=O) groups excluding carboxylic acids is 1. The number of carbonyl (C=O) groups is 1. The average Bonchev–Trinajstić information content (AvgIpc) is 3.14. The molecule has 0 aromatic heterocycles. The maximum absolute atomic E-state index is 13.1. The smallest absolute Gasteiger partial charge is 0.323 e. The minimum Gasteiger partial charge on any atom is -0.323 e. The Morgan fingerprint density at radius 3 is 2.60 bits per heavy atom. The second kappa shape index (κ2) is 7.58. The van der Waals surface area contributed by atoms with E-state index in [1.54, 1.807) is 18.2 Å². The van der Waals surface area contributed by atoms with Crippen LogP contribution in [0.4, 0.5) is 23.2 Å². The molecule has 2 N–H and O–H groups in total. The van der Waals surface area contributed by atoms with Crippen LogP contribution in [0.15, 0.2) is 65.7 Å². The molecule has 0 aliphatic carbocycles. The molecule has 0 saturated heterocycles. The lowest BCUT2D eigenvalue weighted by Crippen LogP contribution is -2.44. The van der Waals surface area contributed by atoms with Gasteiger partial charge in [0.1, 0.15) is 11.7 Å². The van der Waals surface area contributed by atoms with Gasteiger partial charge in [-0.15, -0.1) is 0 Å². The Morgan fingerprint density at radius 1 is 1.17 bits per heavy atom. The third-order valence-corrected chi connectivity index (χ3v) is 4.74. The summed E-state index contributed by atoms with van der Waals surface area (Å²) in [4.78, 5) is 16.8. The summed E-state index contributed by atoms with van der Waals surface area (Å²) in [5.74, 6) is -0.631. The highest BCUT2D eigenvalue weighted by atomic mass is 35.5. The lowest BCUT2D eigenvalue weighted by Gasteiger charge is -2.26. The summed E-state index contributed by atoms with van der Waals surface area (Å²) < 4.78 is 52.4. The topological polar surface area (TPSA) is 56.7 Å². The average molecular weight is 437 g/mol. The van der Waals surface area contributed by atoms with E-state index in [4.69, 9.17) is 11.6 Å². The van der Waals surface area contributed by atoms with Crippen LogP contribution in [0.5, 0.6) is 0 Å². The van der Waals surface area contributed by atoms with Gasteiger partial charge >= 0.3 is 6.18 Å². The lowest BCUT2D eigenvalue weighted by atomic mass is 10.1. The van der Waals surface area contributed by atoms with Crippen LogP contribution in [0, 0.1) is 5.82 Å². The number of hydrogen-bond donors (Lipinski definition) is 2. The summed E-state index contributed by atoms with van der Waals surface area (Å²) in [6, 6.07) is 8.21. The molecule has 1 atom stereocenters. The number of hydrazine groups is 1. The molecule has 30 heavy (non-hydrogen) atoms. The number of nitrogens with zero attached hydrogens (tertiary/aromatic N) is 2. The molecule has 1 amide bonds. The van der Waals surface area contributed by atoms with Crippen molar-refractivity contribution >= 4 is 34.7 Å². The molecule has 0 spiro atoms. The molecule has 0 fully saturated rings. The van der Waals surface area contributed by atoms with E-state index < -0.39 is 29.6 Å². The van der Waals surface area contributed by atoms with E-state index in [2.05, 4.69) is 15.7 Å². The molecule has 4 rings (SSSR count). The number of hydrogen-bond acceptors (Lipinski definition) is 4. The van der Waals surface area contributed by atoms with E-state index in [1.165, 1.54) is 35.3 Å². The van der Waals surface area contributed by atoms with Gasteiger partial charge in [0.05, 0.1) is 11.3 Å². The third-order valence-electron chi connectivity index (χ3n) is 4.41. The summed E-state index contributed by atoms with van der Waals surface area (Å²) in [5, 5.41) is 4.11. The number of amidine groups is 1. The van der Waals surface area contributed by atoms with Crippen molar-refractivity contribution in [2.24, 2.45) is 4.99 Å². The second-order valence-corrected chi connectivity index (χ2v) is 6.86. The maximum atomic E-state index is 13.1. The largest absolute Gasteiger partial charge is 0.416 e. The zero-order chi connectivity index (χ0) is 21.5. The quantitative estimate of drug-likeness (QED) is 0.692. The Labute approximate surface area is 173 Å². The van der Waals surface area contributed by atoms with Crippen molar-refractivity contribution in [1.82, 2.24) is 10.4 Å². The van der Waals surface area contributed by atoms with Gasteiger partial charge < -0.3 is 5.32 Å². The monoisotopic (exact) mass is 436 g/mol. The standard InChI is InChI=1S/C20H13ClF4N4O/c21-15-9-4-11(20(23,24)25)10-14(15)16-2-1-3-17-27-18(28-29(16)17)19(30)26-13-7-5-12(22)6-8-13/h1-10,18,28H,(H,26,30). The molecule has 1 unspecified atom stereocenters. The van der Waals surface area contributed by atoms with Crippen LogP contribution in [0.25, 0.3) is 5.70 Å². The van der Waals surface area contributed by atoms with Crippen molar-refractivity contribution in [1.29, 1.82) is 0 Å². The first-order valence-electron chi connectivity index (χ1n) is 8.68. The molecule has 5 nitrogen and oxygen atoms in total. The number of allylic oxidation sites excluding steroid dienone is 2. The fourth-order valence-corrected chi connectivity index (χ4v) is 3.20. The predicted octanol–water partition coefficient (Wildman–Crippen LogP) is 4.59. The molecular formula is C20H13ClF4N4O. The summed E-state index contributed by atoms with van der Waals surface area (Å²) in [5.41, 5.74) is 2.82. The van der Waals surface area contributed by atoms with Gasteiger partial charge in [0, 0.05) is 16.3 Å². The Balaban J connectivity index is 1.57. The van der Waals surface area contributed by atoms with E-state index in [9.17, 15) is 22.4 Å². The van der Waals surface area contributed by atoms with E-state index >= 15 is 0 Å². The number of rotatable bonds is 3. The molecule has 0 saturated carbocycles. The molecular weight excluding hydrogens is 424 g/mol. The summed E-state index contributed by atoms with van der Waals surface area (Å²) in [7, 11) is 0. The molecule has 2 aromatic rings. The number of anilines is 1. The van der Waals surface area contributed by atoms with E-state index in [0.29, 0.717) is 17.2 Å². The summed E-state index contributed by atoms with van der Waals surface area (Å²) in [6.07, 6.45) is -0.807. The maximum Gasteiger partial charge on any atom is 0.416 e. The normalized spacial score (nSPS) is 18.0. The summed E-state index contributed by atoms with van der Waals surface area (Å²) >= 11 is 6.15. The zero-order valence-electron chi connectivity index (χ0n) is 15.0. The number of benzene rings is 2. The fraction of sp³-hybridized carbons (Fsp3) is 0.100. The van der Waals surface area contributed by atoms with Crippen LogP contribution in [0.1, 0.15) is 11.1 Å². The first-order chi connectivity index (χ1) is 14.2. The van der Waals surface area contributed by atoms with Gasteiger partial charge in [-0.3, -0.25) is 9.80 Å². The van der Waals surface area contributed by atoms with Gasteiger partial charge in [-0.2, -0.15) is 18.6 Å². The van der Waals surface area contributed by atoms with Crippen molar-refractivity contribution in [3.05, 3.63) is 82.7 Å². The minimum atomic E-state index is -4.53. The Hall–Kier alpha value is -3.17. The number of amides is 1. The number of nitrogens with one attached hydrogen (secondary N) is 2. The Bertz CT molecular complexity index is 1090. The first kappa shape index (κ1) is 20.1. The number of aliphatic imine (C=N–C) groups is 1. The number of halogens is 5. The summed E-state index contributed by atoms with van der Waals surface area (Å²) in [6.45, 7) is 0. The number of fused-ring (bicyclic) bond motifs is 1. The second-order valence-electron chi connectivity index (χ2n) is 6.45. The van der Waals surface area contributed by atoms with Crippen LogP contribution in [-0.4, -0.2) is 22.9 Å². The van der Waals surface area contributed by atoms with Crippen LogP contribution in [0.3, 0.4) is 0 Å². The van der Waals surface area contributed by atoms with Crippen LogP contribution in [0.2, 0.25) is 5.02 Å². The van der Waals surface area contributed by atoms with Crippen molar-refractivity contribution in [3.8, 4) is 0 Å². The SMILES string of the molecule is O=C(Nc1ccc(F)cc1)C1N=C2C=CC=C(c3cc(C(F)(F)F)ccc3Cl)N2N1. The Kier molecular flexibility index (Phi) is 5.08. The van der Waals surface area contributed by atoms with Crippen LogP contribution >= 0.6 is 11.6 Å². The van der Waals surface area contributed by atoms with Crippen LogP contribution in [-0.2, 0) is 11.0 Å². The van der Waals surface area contributed by atoms with Crippen molar-refractivity contribution in [2.45, 2.75) is 12.3 Å². The van der Waals surface area contributed by atoms with Gasteiger partial charge in [0.25, 0.3) is 5.91 Å². The highest BCUT2D eigenvalue weighted by molar-refractivity contribution is 6.32. The van der Waals surface area contributed by atoms with Gasteiger partial charge in [-0.1, -0.05) is 17.7 Å². The molecule has 2 aliphatic rings. The molecule has 0 radical (unpaired) electrons. The van der Waals surface area contributed by atoms with Crippen molar-refractivity contribution in [2.75, 3.05) is 5.32 Å². The molecule has 0 bridgehead atoms. The van der Waals surface area contributed by atoms with Crippen molar-refractivity contribution < 1.29 is 22.4 Å². The lowest BCUT2D eigenvalue weighted by molar-refractivity contribution is -0.137. The third kappa shape index (κ3) is 3.94. The number of alkyl halides is 3. The van der Waals surface area contributed by atoms with E-state index in [1.807, 2.05) is 0 Å². The first-order valence-corrected chi connectivity index (χ1v) is 9.06. The molecule has 10 heteroatoms. The molecule has 2 aliphatic heterocycles.